The van der Waals surface area contributed by atoms with Gasteiger partial charge in [-0.05, 0) is 200 Å². The van der Waals surface area contributed by atoms with Gasteiger partial charge in [-0.1, -0.05) is 106 Å². The van der Waals surface area contributed by atoms with E-state index in [-0.39, 0.29) is 83.9 Å². The van der Waals surface area contributed by atoms with Gasteiger partial charge in [0.2, 0.25) is 0 Å². The number of rotatable bonds is 20. The molecule has 135 heavy (non-hydrogen) atoms. The Bertz CT molecular complexity index is 4360. The topological polar surface area (TPSA) is 658 Å². The lowest BCUT2D eigenvalue weighted by atomic mass is 9.33. The van der Waals surface area contributed by atoms with Crippen LogP contribution in [0.2, 0.25) is 0 Å². The highest BCUT2D eigenvalue weighted by atomic mass is 16.8. The maximum Gasteiger partial charge on any atom is 0.335 e. The molecule has 8 saturated carbocycles. The third-order valence-electron chi connectivity index (χ3n) is 38.3. The van der Waals surface area contributed by atoms with Gasteiger partial charge >= 0.3 is 23.9 Å². The molecule has 766 valence electrons. The minimum Gasteiger partial charge on any atom is -0.481 e. The first-order valence-corrected chi connectivity index (χ1v) is 48.2. The van der Waals surface area contributed by atoms with Crippen LogP contribution in [-0.4, -0.2) is 371 Å². The second-order valence-electron chi connectivity index (χ2n) is 45.7. The first-order chi connectivity index (χ1) is 63.1. The van der Waals surface area contributed by atoms with Crippen LogP contribution in [0.5, 0.6) is 0 Å². The van der Waals surface area contributed by atoms with E-state index in [0.717, 1.165) is 23.7 Å². The first-order valence-electron chi connectivity index (χ1n) is 48.2. The summed E-state index contributed by atoms with van der Waals surface area (Å²) >= 11 is 0. The van der Waals surface area contributed by atoms with Crippen LogP contribution in [0.4, 0.5) is 0 Å². The lowest BCUT2D eigenvalue weighted by Gasteiger charge is -2.71. The van der Waals surface area contributed by atoms with Crippen molar-refractivity contribution >= 4 is 36.4 Å². The highest BCUT2D eigenvalue weighted by Gasteiger charge is 2.76. The lowest BCUT2D eigenvalue weighted by molar-refractivity contribution is -0.393. The van der Waals surface area contributed by atoms with Gasteiger partial charge in [-0.25, -0.2) is 9.59 Å². The minimum atomic E-state index is -2.15. The maximum atomic E-state index is 13.6. The van der Waals surface area contributed by atoms with Crippen molar-refractivity contribution in [2.24, 2.45) is 113 Å². The third kappa shape index (κ3) is 16.8. The smallest absolute Gasteiger partial charge is 0.335 e. The molecule has 51 atom stereocenters. The maximum absolute atomic E-state index is 13.6. The van der Waals surface area contributed by atoms with Crippen LogP contribution < -0.4 is 0 Å². The summed E-state index contributed by atoms with van der Waals surface area (Å²) in [5.41, 5.74) is -3.64. The van der Waals surface area contributed by atoms with E-state index >= 15 is 0 Å². The van der Waals surface area contributed by atoms with Gasteiger partial charge in [0.15, 0.2) is 49.9 Å². The molecule has 16 rings (SSSR count). The summed E-state index contributed by atoms with van der Waals surface area (Å²) in [5.74, 6) is -8.68. The highest BCUT2D eigenvalue weighted by molar-refractivity contribution is 5.79. The molecule has 10 aliphatic carbocycles. The van der Waals surface area contributed by atoms with Gasteiger partial charge in [0.25, 0.3) is 0 Å². The summed E-state index contributed by atoms with van der Waals surface area (Å²) in [6, 6.07) is 0. The number of aliphatic hydroxyl groups excluding tert-OH is 18. The van der Waals surface area contributed by atoms with Crippen molar-refractivity contribution in [2.75, 3.05) is 19.8 Å². The molecule has 6 saturated heterocycles. The summed E-state index contributed by atoms with van der Waals surface area (Å²) in [7, 11) is 0. The highest BCUT2D eigenvalue weighted by Crippen LogP contribution is 2.78. The van der Waals surface area contributed by atoms with Crippen LogP contribution in [0.15, 0.2) is 23.3 Å². The molecular weight excluding hydrogens is 1780 g/mol. The van der Waals surface area contributed by atoms with E-state index in [2.05, 4.69) is 95.2 Å². The normalized spacial score (nSPS) is 54.3. The van der Waals surface area contributed by atoms with Gasteiger partial charge in [-0.2, -0.15) is 0 Å². The van der Waals surface area contributed by atoms with Crippen molar-refractivity contribution in [3.05, 3.63) is 23.3 Å². The van der Waals surface area contributed by atoms with Crippen LogP contribution in [0.3, 0.4) is 0 Å². The van der Waals surface area contributed by atoms with E-state index < -0.39 is 301 Å². The SMILES string of the molecule is CC1C[C@H](O[C@@H]2OC(C(=O)O)[C@@H](O)[C@H](O[C@@H]3OC[C@@H](O)[C@H](O)C3O)C2O[C@@H]2OC(CO)[C@H](O)[C@H](O)C2O)[C@H](C=O)[C@@H]2CC[C@@]3(C)C(CC=C4C5CC(C)(C)CC[C@]5(C(=O)O)C(O)C[C@]43C)C12C.CC1C[C@H](O[C@@H]2OC(C(=O)O)[C@@H](O)[C@H](O[C@@H]3O[C@@H](C)[C@H](O)C(O)C3O)C2O[C@@H]2OC(CO)[C@H](O)[C@H](O)C2O)[C@H](C=O)[C@@H]2CC[C@@]3(C)C(CC=C4C5CC(C)(C)CC[C@]5(C(=O)O)C(O)C[C@]43C)C12C. The fraction of sp³-hybridized carbons (Fsp3) is 0.895. The summed E-state index contributed by atoms with van der Waals surface area (Å²) < 4.78 is 72.0. The number of carbonyl (C=O) groups excluding carboxylic acids is 2. The molecule has 0 aromatic rings. The molecule has 0 radical (unpaired) electrons. The molecule has 6 aliphatic heterocycles. The molecule has 16 aliphatic rings. The number of carbonyl (C=O) groups is 6. The Morgan fingerprint density at radius 2 is 0.756 bits per heavy atom. The van der Waals surface area contributed by atoms with Crippen LogP contribution in [-0.2, 0) is 85.6 Å². The van der Waals surface area contributed by atoms with Crippen LogP contribution in [0, 0.1) is 113 Å². The quantitative estimate of drug-likeness (QED) is 0.0406. The van der Waals surface area contributed by atoms with Crippen molar-refractivity contribution in [3.63, 3.8) is 0 Å². The van der Waals surface area contributed by atoms with Gasteiger partial charge in [0.1, 0.15) is 145 Å². The molecular formula is C95H146O40. The molecule has 0 aromatic carbocycles. The van der Waals surface area contributed by atoms with Gasteiger partial charge in [0.05, 0.1) is 50.3 Å². The fourth-order valence-corrected chi connectivity index (χ4v) is 29.6. The number of allylic oxidation sites excluding steroid dienone is 4. The van der Waals surface area contributed by atoms with E-state index in [4.69, 9.17) is 56.8 Å². The summed E-state index contributed by atoms with van der Waals surface area (Å²) in [4.78, 5) is 79.2. The zero-order valence-electron chi connectivity index (χ0n) is 78.8. The first kappa shape index (κ1) is 105. The molecule has 21 unspecified atom stereocenters. The fourth-order valence-electron chi connectivity index (χ4n) is 29.6. The van der Waals surface area contributed by atoms with Crippen LogP contribution in [0.1, 0.15) is 193 Å². The van der Waals surface area contributed by atoms with Crippen molar-refractivity contribution < 1.29 is 198 Å². The van der Waals surface area contributed by atoms with Crippen LogP contribution >= 0.6 is 0 Å². The minimum absolute atomic E-state index is 0.0275. The number of aliphatic hydroxyl groups is 18. The zero-order chi connectivity index (χ0) is 99.0. The summed E-state index contributed by atoms with van der Waals surface area (Å²) in [6.45, 7) is 25.2. The number of hydrogen-bond donors (Lipinski definition) is 22. The molecule has 6 heterocycles. The molecule has 0 bridgehead atoms. The number of hydrogen-bond acceptors (Lipinski definition) is 36. The Kier molecular flexibility index (Phi) is 29.4. The van der Waals surface area contributed by atoms with E-state index in [0.29, 0.717) is 77.0 Å². The Labute approximate surface area is 782 Å². The standard InChI is InChI=1S/C48H74O20.C47H72O20/c1-19-14-25(21(17-49)22-10-11-45(5)27(47(19,22)7)9-8-23-24-15-44(3,4)12-13-48(24,43(61)62)28(51)16-46(23,45)6)64-42-38(68-41-34(57)32(55)30(53)26(18-50)65-41)36(35(58)37(67-42)39(59)60)66-40-33(56)31(54)29(52)20(2)63-40;1-19-13-25(20(16-48)21-9-10-44(4)27(46(19,21)6)8-7-22-23-14-43(2,3)11-12-47(23,42(60)61)28(51)15-45(22,44)5)63-41-37(67-40-33(56)31(54)30(53)26(17-49)64-40)35(34(57)36(66-41)38(58)59)65-39-32(55)29(52)24(50)18-62-39/h8,17,19-22,24-38,40-42,50-58H,9-16,18H2,1-7H3,(H,59,60)(H,61,62);7,16,19-21,23-37,39-41,49-57H,8-15,17-18H2,1-6H3,(H,58,59)(H,60,61)/t19?,20-,21+,22-,24?,25-,26?,27?,28?,29-,30-,31?,32-,33?,34?,35-,36-,37?,38?,40-,41-,42+,45-,46+,47?,48+;19?,20-,21+,23?,24-,25+,26?,27?,28?,29+,30+,31+,32?,33?,34+,35+,36?,37?,39+,40+,41-,44+,45-,46?,47-/m01/s1. The number of fused-ring (bicyclic) bond motifs is 14. The monoisotopic (exact) mass is 1930 g/mol. The summed E-state index contributed by atoms with van der Waals surface area (Å²) in [5, 5.41) is 238. The molecule has 14 fully saturated rings. The number of aliphatic carboxylic acids is 4. The zero-order valence-corrected chi connectivity index (χ0v) is 78.8. The predicted octanol–water partition coefficient (Wildman–Crippen LogP) is -0.725. The summed E-state index contributed by atoms with van der Waals surface area (Å²) in [6.07, 6.45) is -43.2. The van der Waals surface area contributed by atoms with Crippen molar-refractivity contribution in [1.29, 1.82) is 0 Å². The van der Waals surface area contributed by atoms with E-state index in [9.17, 15) is 141 Å². The molecule has 40 heteroatoms. The predicted molar refractivity (Wildman–Crippen MR) is 458 cm³/mol. The van der Waals surface area contributed by atoms with E-state index in [1.807, 2.05) is 0 Å². The Morgan fingerprint density at radius 3 is 1.12 bits per heavy atom. The molecule has 0 aromatic heterocycles. The van der Waals surface area contributed by atoms with Crippen LogP contribution in [0.25, 0.3) is 0 Å². The van der Waals surface area contributed by atoms with E-state index in [1.54, 1.807) is 0 Å². The second-order valence-corrected chi connectivity index (χ2v) is 45.7. The van der Waals surface area contributed by atoms with Crippen molar-refractivity contribution in [2.45, 2.75) is 395 Å². The average Bonchev–Trinajstić information content (AvgIpc) is 0.672. The second kappa shape index (κ2) is 37.9. The molecule has 22 N–H and O–H groups in total. The van der Waals surface area contributed by atoms with Crippen molar-refractivity contribution in [3.8, 4) is 0 Å². The van der Waals surface area contributed by atoms with E-state index in [1.165, 1.54) is 6.92 Å². The molecule has 0 amide bonds. The van der Waals surface area contributed by atoms with Gasteiger partial charge < -0.3 is 179 Å². The number of ether oxygens (including phenoxy) is 12. The van der Waals surface area contributed by atoms with Gasteiger partial charge in [0, 0.05) is 11.8 Å². The third-order valence-corrected chi connectivity index (χ3v) is 38.3. The Balaban J connectivity index is 0.000000206. The van der Waals surface area contributed by atoms with Gasteiger partial charge in [-0.3, -0.25) is 9.59 Å². The van der Waals surface area contributed by atoms with Crippen molar-refractivity contribution in [1.82, 2.24) is 0 Å². The number of carboxylic acids is 4. The Morgan fingerprint density at radius 1 is 0.400 bits per heavy atom. The number of aldehydes is 2. The van der Waals surface area contributed by atoms with Gasteiger partial charge in [-0.15, -0.1) is 0 Å². The molecule has 0 spiro atoms. The molecule has 40 nitrogen and oxygen atoms in total. The lowest BCUT2D eigenvalue weighted by Crippen LogP contribution is -2.69. The average molecular weight is 1930 g/mol. The number of carboxylic acid groups (broad SMARTS) is 4. The largest absolute Gasteiger partial charge is 0.481 e. The Hall–Kier alpha value is -4.50.